The summed E-state index contributed by atoms with van der Waals surface area (Å²) in [5.74, 6) is 3.55. The molecule has 0 aliphatic heterocycles. The predicted molar refractivity (Wildman–Crippen MR) is 58.1 cm³/mol. The Morgan fingerprint density at radius 2 is 2.33 bits per heavy atom. The lowest BCUT2D eigenvalue weighted by atomic mass is 10.2. The van der Waals surface area contributed by atoms with E-state index in [-0.39, 0.29) is 0 Å². The Hall–Kier alpha value is -1.34. The minimum absolute atomic E-state index is 0.581. The second kappa shape index (κ2) is 4.94. The minimum atomic E-state index is 0.581. The molecule has 0 atom stereocenters. The van der Waals surface area contributed by atoms with E-state index in [1.807, 2.05) is 6.33 Å². The summed E-state index contributed by atoms with van der Waals surface area (Å²) >= 11 is 0. The third kappa shape index (κ3) is 2.37. The Morgan fingerprint density at radius 3 is 3.07 bits per heavy atom. The lowest BCUT2D eigenvalue weighted by Crippen LogP contribution is -2.18. The molecule has 0 radical (unpaired) electrons. The highest BCUT2D eigenvalue weighted by Gasteiger charge is 2.19. The van der Waals surface area contributed by atoms with E-state index in [0.717, 1.165) is 5.82 Å². The Balaban J connectivity index is 1.98. The minimum Gasteiger partial charge on any atom is -0.313 e. The molecule has 0 unspecified atom stereocenters. The van der Waals surface area contributed by atoms with E-state index in [0.29, 0.717) is 19.1 Å². The van der Waals surface area contributed by atoms with Gasteiger partial charge in [0, 0.05) is 6.04 Å². The van der Waals surface area contributed by atoms with E-state index >= 15 is 0 Å². The van der Waals surface area contributed by atoms with Crippen LogP contribution in [0.5, 0.6) is 0 Å². The fourth-order valence-electron chi connectivity index (χ4n) is 2.13. The van der Waals surface area contributed by atoms with Crippen molar-refractivity contribution in [2.45, 2.75) is 38.3 Å². The van der Waals surface area contributed by atoms with Gasteiger partial charge in [-0.25, -0.2) is 0 Å². The molecule has 1 N–H and O–H groups in total. The van der Waals surface area contributed by atoms with Crippen molar-refractivity contribution in [2.75, 3.05) is 6.54 Å². The van der Waals surface area contributed by atoms with Crippen LogP contribution in [-0.4, -0.2) is 21.3 Å². The molecule has 2 rings (SSSR count). The van der Waals surface area contributed by atoms with Crippen LogP contribution in [-0.2, 0) is 6.54 Å². The van der Waals surface area contributed by atoms with Crippen molar-refractivity contribution in [1.82, 2.24) is 20.1 Å². The summed E-state index contributed by atoms with van der Waals surface area (Å²) in [5, 5.41) is 11.2. The van der Waals surface area contributed by atoms with Crippen LogP contribution in [0.4, 0.5) is 0 Å². The van der Waals surface area contributed by atoms with Crippen LogP contribution in [0.15, 0.2) is 6.33 Å². The number of terminal acetylenes is 1. The summed E-state index contributed by atoms with van der Waals surface area (Å²) < 4.78 is 2.19. The van der Waals surface area contributed by atoms with Crippen molar-refractivity contribution in [3.63, 3.8) is 0 Å². The van der Waals surface area contributed by atoms with Crippen molar-refractivity contribution >= 4 is 0 Å². The summed E-state index contributed by atoms with van der Waals surface area (Å²) in [5.41, 5.74) is 0. The van der Waals surface area contributed by atoms with E-state index in [9.17, 15) is 0 Å². The molecule has 1 aromatic heterocycles. The predicted octanol–water partition coefficient (Wildman–Crippen LogP) is 1.12. The molecule has 1 aromatic rings. The third-order valence-corrected chi connectivity index (χ3v) is 2.88. The molecule has 1 saturated carbocycles. The number of hydrogen-bond donors (Lipinski definition) is 1. The summed E-state index contributed by atoms with van der Waals surface area (Å²) in [4.78, 5) is 0. The molecule has 4 nitrogen and oxygen atoms in total. The molecule has 1 fully saturated rings. The Labute approximate surface area is 90.1 Å². The number of hydrogen-bond acceptors (Lipinski definition) is 3. The van der Waals surface area contributed by atoms with E-state index < -0.39 is 0 Å². The fraction of sp³-hybridized carbons (Fsp3) is 0.636. The standard InChI is InChI=1S/C11H16N4/c1-2-7-12-8-11-14-13-9-15(11)10-5-3-4-6-10/h1,9-10,12H,3-8H2. The normalized spacial score (nSPS) is 16.7. The first-order valence-electron chi connectivity index (χ1n) is 5.44. The molecule has 15 heavy (non-hydrogen) atoms. The van der Waals surface area contributed by atoms with Gasteiger partial charge >= 0.3 is 0 Å². The topological polar surface area (TPSA) is 42.7 Å². The van der Waals surface area contributed by atoms with Crippen LogP contribution >= 0.6 is 0 Å². The third-order valence-electron chi connectivity index (χ3n) is 2.88. The highest BCUT2D eigenvalue weighted by atomic mass is 15.3. The molecule has 1 aliphatic rings. The van der Waals surface area contributed by atoms with Crippen molar-refractivity contribution in [2.24, 2.45) is 0 Å². The molecular formula is C11H16N4. The lowest BCUT2D eigenvalue weighted by Gasteiger charge is -2.13. The van der Waals surface area contributed by atoms with Gasteiger partial charge in [0.2, 0.25) is 0 Å². The van der Waals surface area contributed by atoms with E-state index in [4.69, 9.17) is 6.42 Å². The number of aromatic nitrogens is 3. The molecule has 0 bridgehead atoms. The SMILES string of the molecule is C#CCNCc1nncn1C1CCCC1. The molecule has 1 heterocycles. The van der Waals surface area contributed by atoms with Gasteiger partial charge < -0.3 is 4.57 Å². The van der Waals surface area contributed by atoms with Gasteiger partial charge in [-0.05, 0) is 12.8 Å². The van der Waals surface area contributed by atoms with E-state index in [2.05, 4.69) is 26.0 Å². The first kappa shape index (κ1) is 10.2. The summed E-state index contributed by atoms with van der Waals surface area (Å²) in [6.45, 7) is 1.29. The van der Waals surface area contributed by atoms with Gasteiger partial charge in [-0.15, -0.1) is 16.6 Å². The van der Waals surface area contributed by atoms with E-state index in [1.54, 1.807) is 0 Å². The monoisotopic (exact) mass is 204 g/mol. The van der Waals surface area contributed by atoms with Crippen molar-refractivity contribution in [3.05, 3.63) is 12.2 Å². The largest absolute Gasteiger partial charge is 0.313 e. The first-order valence-corrected chi connectivity index (χ1v) is 5.44. The van der Waals surface area contributed by atoms with Crippen LogP contribution in [0.3, 0.4) is 0 Å². The molecule has 80 valence electrons. The lowest BCUT2D eigenvalue weighted by molar-refractivity contribution is 0.488. The first-order chi connectivity index (χ1) is 7.42. The Bertz CT molecular complexity index is 344. The maximum absolute atomic E-state index is 5.17. The quantitative estimate of drug-likeness (QED) is 0.590. The maximum atomic E-state index is 5.17. The molecule has 0 saturated heterocycles. The van der Waals surface area contributed by atoms with Crippen LogP contribution < -0.4 is 5.32 Å². The van der Waals surface area contributed by atoms with Crippen molar-refractivity contribution in [1.29, 1.82) is 0 Å². The van der Waals surface area contributed by atoms with Crippen molar-refractivity contribution < 1.29 is 0 Å². The smallest absolute Gasteiger partial charge is 0.147 e. The zero-order valence-electron chi connectivity index (χ0n) is 8.82. The fourth-order valence-corrected chi connectivity index (χ4v) is 2.13. The summed E-state index contributed by atoms with van der Waals surface area (Å²) in [6.07, 6.45) is 12.1. The van der Waals surface area contributed by atoms with E-state index in [1.165, 1.54) is 25.7 Å². The molecule has 0 spiro atoms. The van der Waals surface area contributed by atoms with Gasteiger partial charge in [-0.3, -0.25) is 5.32 Å². The Morgan fingerprint density at radius 1 is 1.53 bits per heavy atom. The maximum Gasteiger partial charge on any atom is 0.147 e. The molecule has 0 amide bonds. The average molecular weight is 204 g/mol. The zero-order valence-corrected chi connectivity index (χ0v) is 8.82. The van der Waals surface area contributed by atoms with Gasteiger partial charge in [-0.2, -0.15) is 0 Å². The van der Waals surface area contributed by atoms with Crippen LogP contribution in [0, 0.1) is 12.3 Å². The van der Waals surface area contributed by atoms with Gasteiger partial charge in [0.05, 0.1) is 13.1 Å². The van der Waals surface area contributed by atoms with Gasteiger partial charge in [0.1, 0.15) is 12.2 Å². The van der Waals surface area contributed by atoms with Crippen LogP contribution in [0.25, 0.3) is 0 Å². The van der Waals surface area contributed by atoms with Crippen LogP contribution in [0.1, 0.15) is 37.5 Å². The summed E-state index contributed by atoms with van der Waals surface area (Å²) in [7, 11) is 0. The number of nitrogens with zero attached hydrogens (tertiary/aromatic N) is 3. The molecule has 1 aliphatic carbocycles. The van der Waals surface area contributed by atoms with Crippen molar-refractivity contribution in [3.8, 4) is 12.3 Å². The highest BCUT2D eigenvalue weighted by molar-refractivity contribution is 4.93. The highest BCUT2D eigenvalue weighted by Crippen LogP contribution is 2.29. The zero-order chi connectivity index (χ0) is 10.5. The average Bonchev–Trinajstić information content (AvgIpc) is 2.87. The second-order valence-corrected chi connectivity index (χ2v) is 3.90. The summed E-state index contributed by atoms with van der Waals surface area (Å²) in [6, 6.07) is 0.600. The molecular weight excluding hydrogens is 188 g/mol. The number of nitrogens with one attached hydrogen (secondary N) is 1. The molecule has 0 aromatic carbocycles. The van der Waals surface area contributed by atoms with Gasteiger partial charge in [0.25, 0.3) is 0 Å². The van der Waals surface area contributed by atoms with Crippen LogP contribution in [0.2, 0.25) is 0 Å². The number of rotatable bonds is 4. The Kier molecular flexibility index (Phi) is 3.36. The van der Waals surface area contributed by atoms with Gasteiger partial charge in [-0.1, -0.05) is 18.8 Å². The van der Waals surface area contributed by atoms with Gasteiger partial charge in [0.15, 0.2) is 0 Å². The molecule has 4 heteroatoms. The second-order valence-electron chi connectivity index (χ2n) is 3.90.